The lowest BCUT2D eigenvalue weighted by molar-refractivity contribution is 0.467. The summed E-state index contributed by atoms with van der Waals surface area (Å²) >= 11 is 0. The minimum Gasteiger partial charge on any atom is -0.457 e. The van der Waals surface area contributed by atoms with Gasteiger partial charge in [-0.25, -0.2) is 0 Å². The van der Waals surface area contributed by atoms with Crippen LogP contribution in [0.4, 0.5) is 0 Å². The van der Waals surface area contributed by atoms with Crippen LogP contribution in [0.3, 0.4) is 0 Å². The molecule has 2 rings (SSSR count). The van der Waals surface area contributed by atoms with Gasteiger partial charge in [-0.1, -0.05) is 39.8 Å². The van der Waals surface area contributed by atoms with E-state index < -0.39 is 0 Å². The fourth-order valence-electron chi connectivity index (χ4n) is 2.02. The van der Waals surface area contributed by atoms with Gasteiger partial charge in [0, 0.05) is 30.5 Å². The van der Waals surface area contributed by atoms with Gasteiger partial charge < -0.3 is 10.1 Å². The van der Waals surface area contributed by atoms with E-state index in [0.29, 0.717) is 12.0 Å². The van der Waals surface area contributed by atoms with Crippen LogP contribution in [0.15, 0.2) is 42.7 Å². The van der Waals surface area contributed by atoms with Crippen LogP contribution in [0.5, 0.6) is 11.5 Å². The lowest BCUT2D eigenvalue weighted by atomic mass is 10.0. The first-order valence-corrected chi connectivity index (χ1v) is 7.50. The van der Waals surface area contributed by atoms with Crippen molar-refractivity contribution in [2.45, 2.75) is 46.2 Å². The van der Waals surface area contributed by atoms with Crippen LogP contribution in [-0.2, 0) is 6.54 Å². The molecule has 0 aliphatic heterocycles. The van der Waals surface area contributed by atoms with E-state index in [0.717, 1.165) is 23.6 Å². The average Bonchev–Trinajstić information content (AvgIpc) is 2.46. The van der Waals surface area contributed by atoms with Gasteiger partial charge in [0.1, 0.15) is 11.5 Å². The van der Waals surface area contributed by atoms with Gasteiger partial charge in [0.2, 0.25) is 0 Å². The molecular formula is C18H24N2O. The maximum absolute atomic E-state index is 6.05. The van der Waals surface area contributed by atoms with Crippen molar-refractivity contribution in [3.8, 4) is 11.5 Å². The van der Waals surface area contributed by atoms with Crippen LogP contribution in [0.1, 0.15) is 44.7 Å². The third-order valence-electron chi connectivity index (χ3n) is 3.31. The number of hydrogen-bond donors (Lipinski definition) is 1. The second kappa shape index (κ2) is 7.23. The summed E-state index contributed by atoms with van der Waals surface area (Å²) in [4.78, 5) is 4.19. The van der Waals surface area contributed by atoms with E-state index in [9.17, 15) is 0 Å². The Morgan fingerprint density at radius 1 is 1.14 bits per heavy atom. The Morgan fingerprint density at radius 2 is 1.95 bits per heavy atom. The fourth-order valence-corrected chi connectivity index (χ4v) is 2.02. The summed E-state index contributed by atoms with van der Waals surface area (Å²) < 4.78 is 6.05. The summed E-state index contributed by atoms with van der Waals surface area (Å²) in [5.74, 6) is 2.23. The molecule has 3 nitrogen and oxygen atoms in total. The first-order chi connectivity index (χ1) is 10.1. The van der Waals surface area contributed by atoms with Crippen molar-refractivity contribution in [1.29, 1.82) is 0 Å². The molecule has 0 radical (unpaired) electrons. The van der Waals surface area contributed by atoms with Crippen molar-refractivity contribution in [2.75, 3.05) is 0 Å². The zero-order valence-electron chi connectivity index (χ0n) is 13.3. The fraction of sp³-hybridized carbons (Fsp3) is 0.389. The van der Waals surface area contributed by atoms with E-state index in [-0.39, 0.29) is 0 Å². The standard InChI is InChI=1S/C18H24N2O/c1-13(2)15-6-5-7-17(10-15)21-18-8-9-19-11-16(18)12-20-14(3)4/h5-11,13-14,20H,12H2,1-4H3. The number of pyridine rings is 1. The third-order valence-corrected chi connectivity index (χ3v) is 3.31. The van der Waals surface area contributed by atoms with Crippen LogP contribution in [0, 0.1) is 0 Å². The van der Waals surface area contributed by atoms with Gasteiger partial charge in [-0.3, -0.25) is 4.98 Å². The van der Waals surface area contributed by atoms with Crippen molar-refractivity contribution < 1.29 is 4.74 Å². The number of aromatic nitrogens is 1. The topological polar surface area (TPSA) is 34.2 Å². The molecule has 0 saturated carbocycles. The number of rotatable bonds is 6. The summed E-state index contributed by atoms with van der Waals surface area (Å²) in [6, 6.07) is 10.6. The van der Waals surface area contributed by atoms with E-state index in [1.807, 2.05) is 24.4 Å². The Morgan fingerprint density at radius 3 is 2.67 bits per heavy atom. The summed E-state index contributed by atoms with van der Waals surface area (Å²) in [6.45, 7) is 9.38. The molecule has 0 aliphatic carbocycles. The van der Waals surface area contributed by atoms with E-state index in [4.69, 9.17) is 4.74 Å². The van der Waals surface area contributed by atoms with E-state index in [2.05, 4.69) is 50.1 Å². The van der Waals surface area contributed by atoms with Crippen LogP contribution in [-0.4, -0.2) is 11.0 Å². The molecule has 0 unspecified atom stereocenters. The lowest BCUT2D eigenvalue weighted by Gasteiger charge is -2.14. The Labute approximate surface area is 127 Å². The highest BCUT2D eigenvalue weighted by atomic mass is 16.5. The van der Waals surface area contributed by atoms with Gasteiger partial charge >= 0.3 is 0 Å². The first-order valence-electron chi connectivity index (χ1n) is 7.50. The van der Waals surface area contributed by atoms with E-state index in [1.54, 1.807) is 6.20 Å². The SMILES string of the molecule is CC(C)NCc1cnccc1Oc1cccc(C(C)C)c1. The molecular weight excluding hydrogens is 260 g/mol. The summed E-state index contributed by atoms with van der Waals surface area (Å²) in [6.07, 6.45) is 3.62. The monoisotopic (exact) mass is 284 g/mol. The minimum atomic E-state index is 0.433. The Balaban J connectivity index is 2.17. The van der Waals surface area contributed by atoms with Gasteiger partial charge in [-0.2, -0.15) is 0 Å². The highest BCUT2D eigenvalue weighted by Gasteiger charge is 2.07. The Hall–Kier alpha value is -1.87. The molecule has 0 atom stereocenters. The molecule has 2 aromatic rings. The summed E-state index contributed by atoms with van der Waals surface area (Å²) in [7, 11) is 0. The smallest absolute Gasteiger partial charge is 0.134 e. The van der Waals surface area contributed by atoms with Crippen LogP contribution in [0.25, 0.3) is 0 Å². The maximum atomic E-state index is 6.05. The van der Waals surface area contributed by atoms with Crippen LogP contribution in [0.2, 0.25) is 0 Å². The molecule has 0 bridgehead atoms. The number of ether oxygens (including phenoxy) is 1. The zero-order valence-corrected chi connectivity index (χ0v) is 13.3. The van der Waals surface area contributed by atoms with Crippen molar-refractivity contribution in [3.63, 3.8) is 0 Å². The van der Waals surface area contributed by atoms with Crippen molar-refractivity contribution >= 4 is 0 Å². The summed E-state index contributed by atoms with van der Waals surface area (Å²) in [5, 5.41) is 3.40. The average molecular weight is 284 g/mol. The number of nitrogens with zero attached hydrogens (tertiary/aromatic N) is 1. The van der Waals surface area contributed by atoms with Crippen LogP contribution < -0.4 is 10.1 Å². The molecule has 112 valence electrons. The molecule has 0 saturated heterocycles. The van der Waals surface area contributed by atoms with E-state index >= 15 is 0 Å². The molecule has 1 N–H and O–H groups in total. The number of benzene rings is 1. The van der Waals surface area contributed by atoms with Crippen LogP contribution >= 0.6 is 0 Å². The normalized spacial score (nSPS) is 11.1. The molecule has 21 heavy (non-hydrogen) atoms. The predicted octanol–water partition coefficient (Wildman–Crippen LogP) is 4.50. The van der Waals surface area contributed by atoms with Crippen molar-refractivity contribution in [3.05, 3.63) is 53.9 Å². The minimum absolute atomic E-state index is 0.433. The predicted molar refractivity (Wildman–Crippen MR) is 86.8 cm³/mol. The number of nitrogens with one attached hydrogen (secondary N) is 1. The van der Waals surface area contributed by atoms with Gasteiger partial charge in [0.15, 0.2) is 0 Å². The highest BCUT2D eigenvalue weighted by Crippen LogP contribution is 2.27. The molecule has 0 amide bonds. The first kappa shape index (κ1) is 15.5. The van der Waals surface area contributed by atoms with Gasteiger partial charge in [0.25, 0.3) is 0 Å². The molecule has 3 heteroatoms. The van der Waals surface area contributed by atoms with Crippen molar-refractivity contribution in [1.82, 2.24) is 10.3 Å². The maximum Gasteiger partial charge on any atom is 0.134 e. The molecule has 0 spiro atoms. The Bertz CT molecular complexity index is 579. The molecule has 0 aliphatic rings. The van der Waals surface area contributed by atoms with Gasteiger partial charge in [0.05, 0.1) is 0 Å². The van der Waals surface area contributed by atoms with Gasteiger partial charge in [-0.05, 0) is 29.7 Å². The lowest BCUT2D eigenvalue weighted by Crippen LogP contribution is -2.22. The largest absolute Gasteiger partial charge is 0.457 e. The molecule has 1 aromatic heterocycles. The quantitative estimate of drug-likeness (QED) is 0.848. The highest BCUT2D eigenvalue weighted by molar-refractivity contribution is 5.38. The second-order valence-electron chi connectivity index (χ2n) is 5.85. The molecule has 1 heterocycles. The Kier molecular flexibility index (Phi) is 5.34. The summed E-state index contributed by atoms with van der Waals surface area (Å²) in [5.41, 5.74) is 2.35. The third kappa shape index (κ3) is 4.57. The van der Waals surface area contributed by atoms with Gasteiger partial charge in [-0.15, -0.1) is 0 Å². The van der Waals surface area contributed by atoms with Crippen molar-refractivity contribution in [2.24, 2.45) is 0 Å². The zero-order chi connectivity index (χ0) is 15.2. The molecule has 0 fully saturated rings. The van der Waals surface area contributed by atoms with E-state index in [1.165, 1.54) is 5.56 Å². The molecule has 1 aromatic carbocycles. The number of hydrogen-bond acceptors (Lipinski definition) is 3. The second-order valence-corrected chi connectivity index (χ2v) is 5.85.